The summed E-state index contributed by atoms with van der Waals surface area (Å²) in [5.74, 6) is 3.25. The Labute approximate surface area is 119 Å². The second-order valence-electron chi connectivity index (χ2n) is 4.81. The molecule has 1 aromatic carbocycles. The number of hydrogen-bond acceptors (Lipinski definition) is 4. The van der Waals surface area contributed by atoms with Crippen LogP contribution in [0, 0.1) is 11.3 Å². The highest BCUT2D eigenvalue weighted by Crippen LogP contribution is 2.21. The van der Waals surface area contributed by atoms with E-state index in [1.165, 1.54) is 17.9 Å². The predicted molar refractivity (Wildman–Crippen MR) is 79.6 cm³/mol. The molecule has 0 bridgehead atoms. The fraction of sp³-hybridized carbons (Fsp3) is 0.533. The van der Waals surface area contributed by atoms with Crippen LogP contribution in [0.25, 0.3) is 0 Å². The number of nitriles is 1. The van der Waals surface area contributed by atoms with Crippen LogP contribution in [0.3, 0.4) is 0 Å². The minimum Gasteiger partial charge on any atom is -0.492 e. The Bertz CT molecular complexity index is 438. The van der Waals surface area contributed by atoms with Gasteiger partial charge < -0.3 is 9.64 Å². The Morgan fingerprint density at radius 3 is 3.05 bits per heavy atom. The molecule has 2 rings (SSSR count). The van der Waals surface area contributed by atoms with E-state index >= 15 is 0 Å². The van der Waals surface area contributed by atoms with Crippen molar-refractivity contribution >= 4 is 11.8 Å². The quantitative estimate of drug-likeness (QED) is 0.749. The smallest absolute Gasteiger partial charge is 0.137 e. The Morgan fingerprint density at radius 1 is 1.47 bits per heavy atom. The van der Waals surface area contributed by atoms with Crippen molar-refractivity contribution in [2.75, 3.05) is 31.7 Å². The molecule has 1 aliphatic rings. The Kier molecular flexibility index (Phi) is 5.56. The van der Waals surface area contributed by atoms with Crippen molar-refractivity contribution in [1.82, 2.24) is 4.90 Å². The van der Waals surface area contributed by atoms with Gasteiger partial charge in [-0.15, -0.1) is 0 Å². The van der Waals surface area contributed by atoms with Gasteiger partial charge in [-0.3, -0.25) is 0 Å². The van der Waals surface area contributed by atoms with E-state index in [2.05, 4.69) is 18.0 Å². The third-order valence-electron chi connectivity index (χ3n) is 3.45. The Balaban J connectivity index is 1.70. The van der Waals surface area contributed by atoms with Gasteiger partial charge in [0.15, 0.2) is 0 Å². The zero-order valence-corrected chi connectivity index (χ0v) is 12.2. The zero-order valence-electron chi connectivity index (χ0n) is 11.3. The summed E-state index contributed by atoms with van der Waals surface area (Å²) < 4.78 is 5.69. The van der Waals surface area contributed by atoms with Crippen LogP contribution in [0.2, 0.25) is 0 Å². The Morgan fingerprint density at radius 2 is 2.32 bits per heavy atom. The number of para-hydroxylation sites is 1. The van der Waals surface area contributed by atoms with E-state index in [0.29, 0.717) is 17.9 Å². The molecule has 0 aliphatic carbocycles. The molecule has 1 fully saturated rings. The molecular weight excluding hydrogens is 256 g/mol. The molecule has 0 amide bonds. The monoisotopic (exact) mass is 276 g/mol. The van der Waals surface area contributed by atoms with E-state index in [1.54, 1.807) is 6.07 Å². The molecule has 0 saturated carbocycles. The zero-order chi connectivity index (χ0) is 13.5. The van der Waals surface area contributed by atoms with Crippen molar-refractivity contribution in [2.45, 2.75) is 18.9 Å². The van der Waals surface area contributed by atoms with Gasteiger partial charge in [0.25, 0.3) is 0 Å². The first-order chi connectivity index (χ1) is 9.31. The largest absolute Gasteiger partial charge is 0.492 e. The molecule has 4 heteroatoms. The first-order valence-electron chi connectivity index (χ1n) is 6.71. The van der Waals surface area contributed by atoms with E-state index in [-0.39, 0.29) is 0 Å². The number of hydrogen-bond donors (Lipinski definition) is 0. The van der Waals surface area contributed by atoms with Gasteiger partial charge in [0.2, 0.25) is 0 Å². The lowest BCUT2D eigenvalue weighted by atomic mass is 10.2. The lowest BCUT2D eigenvalue weighted by Gasteiger charge is -2.23. The fourth-order valence-corrected chi connectivity index (χ4v) is 3.53. The van der Waals surface area contributed by atoms with Crippen LogP contribution < -0.4 is 4.74 Å². The van der Waals surface area contributed by atoms with Crippen LogP contribution in [0.1, 0.15) is 18.4 Å². The number of rotatable bonds is 6. The van der Waals surface area contributed by atoms with E-state index in [0.717, 1.165) is 19.0 Å². The second-order valence-corrected chi connectivity index (χ2v) is 5.96. The summed E-state index contributed by atoms with van der Waals surface area (Å²) in [5, 5.41) is 8.97. The average Bonchev–Trinajstić information content (AvgIpc) is 2.98. The minimum absolute atomic E-state index is 0.614. The summed E-state index contributed by atoms with van der Waals surface area (Å²) in [6.45, 7) is 1.73. The molecule has 102 valence electrons. The van der Waals surface area contributed by atoms with E-state index in [1.807, 2.05) is 30.0 Å². The van der Waals surface area contributed by atoms with Crippen LogP contribution in [-0.2, 0) is 0 Å². The summed E-state index contributed by atoms with van der Waals surface area (Å²) in [7, 11) is 2.19. The SMILES string of the molecule is CN(CCCOc1ccccc1C#N)C1CCSC1. The van der Waals surface area contributed by atoms with Gasteiger partial charge in [0, 0.05) is 18.3 Å². The summed E-state index contributed by atoms with van der Waals surface area (Å²) >= 11 is 2.04. The van der Waals surface area contributed by atoms with Crippen LogP contribution >= 0.6 is 11.8 Å². The summed E-state index contributed by atoms with van der Waals surface area (Å²) in [6, 6.07) is 10.3. The van der Waals surface area contributed by atoms with Crippen LogP contribution in [0.5, 0.6) is 5.75 Å². The van der Waals surface area contributed by atoms with Crippen molar-refractivity contribution in [2.24, 2.45) is 0 Å². The van der Waals surface area contributed by atoms with Crippen molar-refractivity contribution < 1.29 is 4.74 Å². The van der Waals surface area contributed by atoms with Crippen LogP contribution in [0.4, 0.5) is 0 Å². The number of thioether (sulfide) groups is 1. The van der Waals surface area contributed by atoms with Crippen molar-refractivity contribution in [3.63, 3.8) is 0 Å². The summed E-state index contributed by atoms with van der Waals surface area (Å²) in [4.78, 5) is 2.43. The highest BCUT2D eigenvalue weighted by Gasteiger charge is 2.19. The highest BCUT2D eigenvalue weighted by atomic mass is 32.2. The number of nitrogens with zero attached hydrogens (tertiary/aromatic N) is 2. The van der Waals surface area contributed by atoms with Crippen LogP contribution in [0.15, 0.2) is 24.3 Å². The molecule has 0 spiro atoms. The molecule has 19 heavy (non-hydrogen) atoms. The highest BCUT2D eigenvalue weighted by molar-refractivity contribution is 7.99. The van der Waals surface area contributed by atoms with E-state index in [9.17, 15) is 0 Å². The fourth-order valence-electron chi connectivity index (χ4n) is 2.23. The standard InChI is InChI=1S/C15H20N2OS/c1-17(14-7-10-19-12-14)8-4-9-18-15-6-3-2-5-13(15)11-16/h2-3,5-6,14H,4,7-10,12H2,1H3. The molecule has 1 atom stereocenters. The number of ether oxygens (including phenoxy) is 1. The third-order valence-corrected chi connectivity index (χ3v) is 4.59. The first-order valence-corrected chi connectivity index (χ1v) is 7.86. The molecule has 1 unspecified atom stereocenters. The maximum Gasteiger partial charge on any atom is 0.137 e. The third kappa shape index (κ3) is 4.15. The maximum absolute atomic E-state index is 8.97. The van der Waals surface area contributed by atoms with E-state index in [4.69, 9.17) is 10.00 Å². The lowest BCUT2D eigenvalue weighted by molar-refractivity contribution is 0.227. The minimum atomic E-state index is 0.614. The molecule has 1 saturated heterocycles. The van der Waals surface area contributed by atoms with E-state index < -0.39 is 0 Å². The maximum atomic E-state index is 8.97. The van der Waals surface area contributed by atoms with Gasteiger partial charge >= 0.3 is 0 Å². The molecule has 1 aliphatic heterocycles. The molecule has 1 heterocycles. The molecule has 3 nitrogen and oxygen atoms in total. The van der Waals surface area contributed by atoms with Crippen molar-refractivity contribution in [3.05, 3.63) is 29.8 Å². The Hall–Kier alpha value is -1.18. The molecular formula is C15H20N2OS. The first kappa shape index (κ1) is 14.2. The molecule has 1 aromatic rings. The van der Waals surface area contributed by atoms with Gasteiger partial charge in [-0.05, 0) is 37.8 Å². The van der Waals surface area contributed by atoms with Gasteiger partial charge in [0.1, 0.15) is 11.8 Å². The second kappa shape index (κ2) is 7.42. The lowest BCUT2D eigenvalue weighted by Crippen LogP contribution is -2.32. The van der Waals surface area contributed by atoms with Crippen molar-refractivity contribution in [3.8, 4) is 11.8 Å². The topological polar surface area (TPSA) is 36.3 Å². The molecule has 0 N–H and O–H groups in total. The number of benzene rings is 1. The van der Waals surface area contributed by atoms with Crippen molar-refractivity contribution in [1.29, 1.82) is 5.26 Å². The average molecular weight is 276 g/mol. The molecule has 0 aromatic heterocycles. The van der Waals surface area contributed by atoms with Crippen LogP contribution in [-0.4, -0.2) is 42.6 Å². The van der Waals surface area contributed by atoms with Gasteiger partial charge in [-0.25, -0.2) is 0 Å². The van der Waals surface area contributed by atoms with Gasteiger partial charge in [0.05, 0.1) is 12.2 Å². The normalized spacial score (nSPS) is 18.5. The van der Waals surface area contributed by atoms with Gasteiger partial charge in [-0.1, -0.05) is 12.1 Å². The summed E-state index contributed by atoms with van der Waals surface area (Å²) in [6.07, 6.45) is 2.30. The summed E-state index contributed by atoms with van der Waals surface area (Å²) in [5.41, 5.74) is 0.614. The van der Waals surface area contributed by atoms with Gasteiger partial charge in [-0.2, -0.15) is 17.0 Å². The molecule has 0 radical (unpaired) electrons. The predicted octanol–water partition coefficient (Wildman–Crippen LogP) is 2.76.